The summed E-state index contributed by atoms with van der Waals surface area (Å²) in [5, 5.41) is 38.1. The number of benzene rings is 5. The van der Waals surface area contributed by atoms with E-state index in [0.29, 0.717) is 34.5 Å². The average Bonchev–Trinajstić information content (AvgIpc) is 3.35. The molecule has 19 heteroatoms. The summed E-state index contributed by atoms with van der Waals surface area (Å²) in [5.41, 5.74) is 5.06. The Labute approximate surface area is 411 Å². The number of quaternary nitrogens is 1. The Kier molecular flexibility index (Phi) is 21.3. The normalized spacial score (nSPS) is 11.9. The van der Waals surface area contributed by atoms with E-state index in [2.05, 4.69) is 97.2 Å². The molecule has 0 unspecified atom stereocenters. The molecule has 0 aromatic heterocycles. The maximum absolute atomic E-state index is 12.3. The van der Waals surface area contributed by atoms with Crippen LogP contribution in [0.25, 0.3) is 0 Å². The molecule has 0 fully saturated rings. The number of esters is 3. The summed E-state index contributed by atoms with van der Waals surface area (Å²) in [6.45, 7) is 6.32. The molecular formula is C52H58N6O13. The second-order valence-electron chi connectivity index (χ2n) is 16.2. The van der Waals surface area contributed by atoms with Crippen LogP contribution in [0.15, 0.2) is 150 Å². The van der Waals surface area contributed by atoms with Gasteiger partial charge in [0.25, 0.3) is 23.0 Å². The quantitative estimate of drug-likeness (QED) is 0.0280. The topological polar surface area (TPSA) is 249 Å². The lowest BCUT2D eigenvalue weighted by Crippen LogP contribution is -2.40. The fraction of sp³-hybridized carbons (Fsp3) is 0.250. The highest BCUT2D eigenvalue weighted by atomic mass is 16.6. The zero-order valence-corrected chi connectivity index (χ0v) is 41.2. The van der Waals surface area contributed by atoms with Gasteiger partial charge in [-0.1, -0.05) is 90.8 Å². The lowest BCUT2D eigenvalue weighted by atomic mass is 9.79. The van der Waals surface area contributed by atoms with E-state index in [4.69, 9.17) is 9.47 Å². The summed E-state index contributed by atoms with van der Waals surface area (Å²) < 4.78 is 15.1. The largest absolute Gasteiger partial charge is 0.466 e. The molecule has 0 saturated heterocycles. The first-order valence-corrected chi connectivity index (χ1v) is 21.9. The number of para-hydroxylation sites is 2. The van der Waals surface area contributed by atoms with Crippen molar-refractivity contribution in [2.45, 2.75) is 46.6 Å². The molecule has 0 radical (unpaired) electrons. The van der Waals surface area contributed by atoms with Crippen LogP contribution in [-0.4, -0.2) is 85.5 Å². The van der Waals surface area contributed by atoms with Crippen LogP contribution >= 0.6 is 0 Å². The molecule has 1 amide bonds. The van der Waals surface area contributed by atoms with Crippen molar-refractivity contribution < 1.29 is 52.6 Å². The number of rotatable bonds is 13. The predicted molar refractivity (Wildman–Crippen MR) is 265 cm³/mol. The zero-order valence-electron chi connectivity index (χ0n) is 41.2. The number of ether oxygens (including phenoxy) is 3. The maximum Gasteiger partial charge on any atom is 0.336 e. The molecule has 19 nitrogen and oxygen atoms in total. The number of carbonyl (C=O) groups excluding carboxylic acids is 4. The van der Waals surface area contributed by atoms with Crippen LogP contribution in [0, 0.1) is 36.4 Å². The van der Waals surface area contributed by atoms with Crippen LogP contribution < -0.4 is 10.6 Å². The van der Waals surface area contributed by atoms with Gasteiger partial charge in [-0.2, -0.15) is 0 Å². The molecule has 1 heterocycles. The van der Waals surface area contributed by atoms with Gasteiger partial charge in [-0.3, -0.25) is 39.9 Å². The molecule has 0 bridgehead atoms. The third kappa shape index (κ3) is 15.7. The highest BCUT2D eigenvalue weighted by Crippen LogP contribution is 2.42. The molecule has 6 rings (SSSR count). The second-order valence-corrected chi connectivity index (χ2v) is 16.2. The zero-order chi connectivity index (χ0) is 53.0. The summed E-state index contributed by atoms with van der Waals surface area (Å²) >= 11 is 0. The van der Waals surface area contributed by atoms with Crippen molar-refractivity contribution in [2.24, 2.45) is 0 Å². The van der Waals surface area contributed by atoms with E-state index in [1.165, 1.54) is 75.7 Å². The average molecular weight is 975 g/mol. The molecular weight excluding hydrogens is 917 g/mol. The Morgan fingerprint density at radius 2 is 1.10 bits per heavy atom. The fourth-order valence-corrected chi connectivity index (χ4v) is 7.41. The van der Waals surface area contributed by atoms with E-state index in [0.717, 1.165) is 4.48 Å². The van der Waals surface area contributed by atoms with Crippen LogP contribution in [-0.2, 0) is 41.6 Å². The molecule has 2 N–H and O–H groups in total. The Bertz CT molecular complexity index is 2690. The van der Waals surface area contributed by atoms with Crippen LogP contribution in [0.3, 0.4) is 0 Å². The Balaban J connectivity index is 0.000000258. The number of methoxy groups -OCH3 is 2. The van der Waals surface area contributed by atoms with Gasteiger partial charge in [0.1, 0.15) is 6.61 Å². The summed E-state index contributed by atoms with van der Waals surface area (Å²) in [6, 6.07) is 39.1. The van der Waals surface area contributed by atoms with E-state index in [1.54, 1.807) is 50.2 Å². The maximum atomic E-state index is 12.3. The molecule has 0 aliphatic carbocycles. The van der Waals surface area contributed by atoms with Crippen molar-refractivity contribution in [3.05, 3.63) is 220 Å². The van der Waals surface area contributed by atoms with E-state index >= 15 is 0 Å². The number of carbonyl (C=O) groups is 4. The van der Waals surface area contributed by atoms with Crippen molar-refractivity contribution in [2.75, 3.05) is 42.4 Å². The predicted octanol–water partition coefficient (Wildman–Crippen LogP) is 8.67. The van der Waals surface area contributed by atoms with Gasteiger partial charge in [-0.25, -0.2) is 9.59 Å². The van der Waals surface area contributed by atoms with Crippen molar-refractivity contribution >= 4 is 40.9 Å². The lowest BCUT2D eigenvalue weighted by molar-refractivity contribution is -0.849. The van der Waals surface area contributed by atoms with Crippen molar-refractivity contribution in [3.63, 3.8) is 0 Å². The van der Waals surface area contributed by atoms with E-state index in [9.17, 15) is 49.5 Å². The second kappa shape index (κ2) is 26.7. The summed E-state index contributed by atoms with van der Waals surface area (Å²) in [5.74, 6) is -3.10. The number of nitrogens with one attached hydrogen (secondary N) is 2. The molecule has 0 atom stereocenters. The smallest absolute Gasteiger partial charge is 0.336 e. The summed E-state index contributed by atoms with van der Waals surface area (Å²) in [6.07, 6.45) is 0.574. The number of hydrogen-bond donors (Lipinski definition) is 2. The third-order valence-corrected chi connectivity index (χ3v) is 10.6. The minimum atomic E-state index is -0.970. The molecule has 71 heavy (non-hydrogen) atoms. The van der Waals surface area contributed by atoms with Crippen LogP contribution in [0.2, 0.25) is 0 Å². The Morgan fingerprint density at radius 1 is 0.648 bits per heavy atom. The fourth-order valence-electron chi connectivity index (χ4n) is 7.41. The molecule has 5 aromatic rings. The van der Waals surface area contributed by atoms with Gasteiger partial charge >= 0.3 is 17.9 Å². The number of nitrogens with zero attached hydrogens (tertiary/aromatic N) is 4. The highest BCUT2D eigenvalue weighted by Gasteiger charge is 2.40. The lowest BCUT2D eigenvalue weighted by Gasteiger charge is -2.38. The standard InChI is InChI=1S/C17H18N2O6.C16H19N.C10H12N2O3.C9H9NO4/c1-9-13(16(20)24-3)15(14(10(2)18-9)17(21)25-4)11-7-5-6-8-12(11)19(22)23;1-17(2,3)16(14-10-6-4-7-11-14)15-12-8-5-9-13-15;1-3-7-4-5-8(10(13)11-2)6-9(7)12(14)15;1-7(11)14-6-8-4-2-3-5-9(8)10(12)13/h5-8,15,18H,1-4H3;4-13H,1-3H3;4-6H,3H2,1-2H3,(H,11,13);2-5H,6H2,1H3. The molecule has 1 aliphatic rings. The first-order valence-electron chi connectivity index (χ1n) is 21.9. The number of nitro groups is 3. The number of aryl methyl sites for hydroxylation is 1. The molecule has 5 aromatic carbocycles. The van der Waals surface area contributed by atoms with Crippen LogP contribution in [0.5, 0.6) is 0 Å². The van der Waals surface area contributed by atoms with Gasteiger partial charge in [-0.15, -0.1) is 24.3 Å². The Morgan fingerprint density at radius 3 is 1.52 bits per heavy atom. The summed E-state index contributed by atoms with van der Waals surface area (Å²) in [7, 11) is 10.5. The number of dihydropyridines is 1. The Hall–Kier alpha value is -8.71. The van der Waals surface area contributed by atoms with Gasteiger partial charge < -0.3 is 29.3 Å². The van der Waals surface area contributed by atoms with Crippen LogP contribution in [0.1, 0.15) is 71.8 Å². The number of hydrogen-bond acceptors (Lipinski definition) is 14. The van der Waals surface area contributed by atoms with Gasteiger partial charge in [0.2, 0.25) is 0 Å². The van der Waals surface area contributed by atoms with Gasteiger partial charge in [-0.05, 0) is 32.4 Å². The third-order valence-electron chi connectivity index (χ3n) is 10.6. The SMILES string of the molecule is CC(=O)OCc1ccccc1[N+](=O)[O-].CCc1ccc(C(=O)NC)cc1[N+](=O)[O-].COC(=O)C1=C(C)NC(C)=C(C(=O)OC)C1c1ccccc1[N+](=O)[O-].C[N+](C)(C)[C-](c1ccccc1)c1ccccc1. The molecule has 374 valence electrons. The van der Waals surface area contributed by atoms with Crippen molar-refractivity contribution in [1.82, 2.24) is 10.6 Å². The monoisotopic (exact) mass is 974 g/mol. The molecule has 0 saturated carbocycles. The molecule has 0 spiro atoms. The number of allylic oxidation sites excluding steroid dienone is 2. The van der Waals surface area contributed by atoms with Gasteiger partial charge in [0.15, 0.2) is 0 Å². The minimum absolute atomic E-state index is 0.00130. The first kappa shape index (κ1) is 56.6. The van der Waals surface area contributed by atoms with Crippen molar-refractivity contribution in [1.29, 1.82) is 0 Å². The van der Waals surface area contributed by atoms with E-state index < -0.39 is 38.6 Å². The van der Waals surface area contributed by atoms with Gasteiger partial charge in [0.05, 0.1) is 78.8 Å². The number of amides is 1. The summed E-state index contributed by atoms with van der Waals surface area (Å²) in [4.78, 5) is 77.6. The van der Waals surface area contributed by atoms with Gasteiger partial charge in [0, 0.05) is 60.3 Å². The highest BCUT2D eigenvalue weighted by molar-refractivity contribution is 6.00. The first-order chi connectivity index (χ1) is 33.6. The van der Waals surface area contributed by atoms with Crippen LogP contribution in [0.4, 0.5) is 17.1 Å². The number of nitro benzene ring substituents is 3. The van der Waals surface area contributed by atoms with E-state index in [1.807, 2.05) is 6.92 Å². The minimum Gasteiger partial charge on any atom is -0.466 e. The molecule has 1 aliphatic heterocycles. The van der Waals surface area contributed by atoms with Crippen molar-refractivity contribution in [3.8, 4) is 0 Å². The van der Waals surface area contributed by atoms with E-state index in [-0.39, 0.29) is 46.3 Å².